The number of hydrogen-bond acceptors (Lipinski definition) is 5. The molecule has 0 atom stereocenters. The zero-order valence-electron chi connectivity index (χ0n) is 17.3. The monoisotopic (exact) mass is 393 g/mol. The second-order valence-corrected chi connectivity index (χ2v) is 8.34. The Bertz CT molecular complexity index is 994. The Morgan fingerprint density at radius 2 is 1.62 bits per heavy atom. The lowest BCUT2D eigenvalue weighted by molar-refractivity contribution is -0.139. The summed E-state index contributed by atoms with van der Waals surface area (Å²) in [4.78, 5) is 13.7. The zero-order valence-corrected chi connectivity index (χ0v) is 17.3. The molecule has 1 aromatic heterocycles. The Morgan fingerprint density at radius 1 is 1.03 bits per heavy atom. The second-order valence-electron chi connectivity index (χ2n) is 8.34. The number of rotatable bonds is 6. The van der Waals surface area contributed by atoms with Crippen molar-refractivity contribution < 1.29 is 14.6 Å². The van der Waals surface area contributed by atoms with Crippen molar-refractivity contribution in [3.63, 3.8) is 0 Å². The molecular formula is C23H27N3O3. The molecule has 3 rings (SSSR count). The Labute approximate surface area is 170 Å². The quantitative estimate of drug-likeness (QED) is 0.371. The first-order valence-electron chi connectivity index (χ1n) is 9.70. The van der Waals surface area contributed by atoms with Gasteiger partial charge in [-0.25, -0.2) is 4.79 Å². The summed E-state index contributed by atoms with van der Waals surface area (Å²) >= 11 is 0. The number of fused-ring (bicyclic) bond motifs is 1. The molecule has 152 valence electrons. The fraction of sp³-hybridized carbons (Fsp3) is 0.348. The summed E-state index contributed by atoms with van der Waals surface area (Å²) < 4.78 is 5.31. The van der Waals surface area contributed by atoms with E-state index in [0.717, 1.165) is 22.3 Å². The number of allylic oxidation sites excluding steroid dienone is 1. The van der Waals surface area contributed by atoms with Crippen molar-refractivity contribution in [2.24, 2.45) is 5.41 Å². The van der Waals surface area contributed by atoms with Crippen molar-refractivity contribution >= 4 is 17.0 Å². The summed E-state index contributed by atoms with van der Waals surface area (Å²) in [5, 5.41) is 19.0. The highest BCUT2D eigenvalue weighted by atomic mass is 16.5. The maximum absolute atomic E-state index is 12.1. The highest BCUT2D eigenvalue weighted by Crippen LogP contribution is 2.24. The topological polar surface area (TPSA) is 77.2 Å². The molecule has 0 aliphatic carbocycles. The van der Waals surface area contributed by atoms with E-state index in [1.807, 2.05) is 69.3 Å². The van der Waals surface area contributed by atoms with Crippen molar-refractivity contribution in [2.75, 3.05) is 6.61 Å². The summed E-state index contributed by atoms with van der Waals surface area (Å²) in [6.45, 7) is 7.87. The van der Waals surface area contributed by atoms with Gasteiger partial charge in [-0.15, -0.1) is 10.2 Å². The van der Waals surface area contributed by atoms with Gasteiger partial charge in [0.15, 0.2) is 0 Å². The van der Waals surface area contributed by atoms with Crippen LogP contribution >= 0.6 is 0 Å². The van der Waals surface area contributed by atoms with E-state index in [4.69, 9.17) is 4.74 Å². The van der Waals surface area contributed by atoms with Crippen LogP contribution in [0.5, 0.6) is 0 Å². The molecule has 6 nitrogen and oxygen atoms in total. The van der Waals surface area contributed by atoms with E-state index in [1.165, 1.54) is 0 Å². The first kappa shape index (κ1) is 20.6. The van der Waals surface area contributed by atoms with Crippen LogP contribution < -0.4 is 0 Å². The lowest BCUT2D eigenvalue weighted by Gasteiger charge is -2.18. The summed E-state index contributed by atoms with van der Waals surface area (Å²) in [6, 6.07) is 15.5. The van der Waals surface area contributed by atoms with Gasteiger partial charge in [0.25, 0.3) is 0 Å². The van der Waals surface area contributed by atoms with Gasteiger partial charge in [0.1, 0.15) is 16.8 Å². The Hall–Kier alpha value is -3.15. The van der Waals surface area contributed by atoms with Crippen molar-refractivity contribution in [3.8, 4) is 5.69 Å². The molecule has 1 heterocycles. The minimum absolute atomic E-state index is 0.0889. The minimum atomic E-state index is -0.476. The van der Waals surface area contributed by atoms with Crippen molar-refractivity contribution in [1.82, 2.24) is 15.0 Å². The van der Waals surface area contributed by atoms with E-state index in [1.54, 1.807) is 11.7 Å². The van der Waals surface area contributed by atoms with Gasteiger partial charge in [0, 0.05) is 12.8 Å². The number of carbonyl (C=O) groups is 1. The number of benzene rings is 2. The van der Waals surface area contributed by atoms with E-state index in [-0.39, 0.29) is 23.4 Å². The maximum Gasteiger partial charge on any atom is 0.337 e. The summed E-state index contributed by atoms with van der Waals surface area (Å²) in [5.74, 6) is -0.387. The van der Waals surface area contributed by atoms with Gasteiger partial charge in [0.05, 0.1) is 17.9 Å². The molecule has 29 heavy (non-hydrogen) atoms. The number of esters is 1. The van der Waals surface area contributed by atoms with Gasteiger partial charge in [-0.1, -0.05) is 45.0 Å². The third-order valence-corrected chi connectivity index (χ3v) is 4.51. The average molecular weight is 393 g/mol. The normalized spacial score (nSPS) is 12.7. The average Bonchev–Trinajstić information content (AvgIpc) is 3.10. The third kappa shape index (κ3) is 5.44. The van der Waals surface area contributed by atoms with Crippen LogP contribution in [0.15, 0.2) is 59.9 Å². The molecule has 3 aromatic rings. The predicted molar refractivity (Wildman–Crippen MR) is 113 cm³/mol. The van der Waals surface area contributed by atoms with Gasteiger partial charge in [-0.05, 0) is 42.2 Å². The largest absolute Gasteiger partial charge is 0.512 e. The van der Waals surface area contributed by atoms with Gasteiger partial charge in [-0.2, -0.15) is 4.80 Å². The first-order valence-corrected chi connectivity index (χ1v) is 9.70. The van der Waals surface area contributed by atoms with Crippen LogP contribution in [0.2, 0.25) is 0 Å². The summed E-state index contributed by atoms with van der Waals surface area (Å²) in [6.07, 6.45) is 1.03. The predicted octanol–water partition coefficient (Wildman–Crippen LogP) is 4.77. The third-order valence-electron chi connectivity index (χ3n) is 4.51. The highest BCUT2D eigenvalue weighted by molar-refractivity contribution is 5.88. The van der Waals surface area contributed by atoms with Gasteiger partial charge in [-0.3, -0.25) is 0 Å². The van der Waals surface area contributed by atoms with Crippen LogP contribution in [-0.4, -0.2) is 32.7 Å². The van der Waals surface area contributed by atoms with Crippen LogP contribution in [0.3, 0.4) is 0 Å². The fourth-order valence-corrected chi connectivity index (χ4v) is 2.89. The van der Waals surface area contributed by atoms with E-state index < -0.39 is 5.97 Å². The summed E-state index contributed by atoms with van der Waals surface area (Å²) in [5.41, 5.74) is 3.78. The molecule has 2 aromatic carbocycles. The van der Waals surface area contributed by atoms with Crippen LogP contribution in [0.1, 0.15) is 39.7 Å². The van der Waals surface area contributed by atoms with Crippen molar-refractivity contribution in [2.45, 2.75) is 40.5 Å². The number of aliphatic hydroxyl groups is 1. The molecule has 0 spiro atoms. The van der Waals surface area contributed by atoms with Crippen molar-refractivity contribution in [3.05, 3.63) is 65.4 Å². The van der Waals surface area contributed by atoms with E-state index >= 15 is 0 Å². The fourth-order valence-electron chi connectivity index (χ4n) is 2.89. The van der Waals surface area contributed by atoms with Crippen LogP contribution in [0, 0.1) is 5.41 Å². The SMILES string of the molecule is C/C(C(=O)OCCc1ccc(-n2nc3ccccc3n2)cc1)=C(/O)CC(C)(C)C. The van der Waals surface area contributed by atoms with Crippen LogP contribution in [0.25, 0.3) is 16.7 Å². The molecule has 1 N–H and O–H groups in total. The van der Waals surface area contributed by atoms with E-state index in [2.05, 4.69) is 10.2 Å². The number of nitrogens with zero attached hydrogens (tertiary/aromatic N) is 3. The van der Waals surface area contributed by atoms with Crippen LogP contribution in [0.4, 0.5) is 0 Å². The molecule has 0 saturated heterocycles. The Morgan fingerprint density at radius 3 is 2.17 bits per heavy atom. The molecule has 0 fully saturated rings. The smallest absolute Gasteiger partial charge is 0.337 e. The first-order chi connectivity index (χ1) is 13.7. The molecule has 0 aliphatic rings. The minimum Gasteiger partial charge on any atom is -0.512 e. The highest BCUT2D eigenvalue weighted by Gasteiger charge is 2.18. The second kappa shape index (κ2) is 8.47. The molecule has 0 unspecified atom stereocenters. The van der Waals surface area contributed by atoms with E-state index in [9.17, 15) is 9.90 Å². The number of aromatic nitrogens is 3. The summed E-state index contributed by atoms with van der Waals surface area (Å²) in [7, 11) is 0. The zero-order chi connectivity index (χ0) is 21.0. The van der Waals surface area contributed by atoms with E-state index in [0.29, 0.717) is 12.8 Å². The molecule has 0 saturated carbocycles. The van der Waals surface area contributed by atoms with Crippen LogP contribution in [-0.2, 0) is 16.0 Å². The molecule has 0 amide bonds. The number of ether oxygens (including phenoxy) is 1. The molecule has 0 aliphatic heterocycles. The molecular weight excluding hydrogens is 366 g/mol. The lowest BCUT2D eigenvalue weighted by Crippen LogP contribution is -2.13. The Balaban J connectivity index is 1.56. The van der Waals surface area contributed by atoms with Crippen molar-refractivity contribution in [1.29, 1.82) is 0 Å². The standard InChI is InChI=1S/C23H27N3O3/c1-16(21(27)15-23(2,3)4)22(28)29-14-13-17-9-11-18(12-10-17)26-24-19-7-5-6-8-20(19)25-26/h5-12,27H,13-15H2,1-4H3/b21-16-. The number of hydrogen-bond donors (Lipinski definition) is 1. The van der Waals surface area contributed by atoms with Gasteiger partial charge >= 0.3 is 5.97 Å². The van der Waals surface area contributed by atoms with Gasteiger partial charge < -0.3 is 9.84 Å². The van der Waals surface area contributed by atoms with Gasteiger partial charge in [0.2, 0.25) is 0 Å². The number of carbonyl (C=O) groups excluding carboxylic acids is 1. The maximum atomic E-state index is 12.1. The molecule has 6 heteroatoms. The molecule has 0 bridgehead atoms. The lowest BCUT2D eigenvalue weighted by atomic mass is 9.90. The molecule has 0 radical (unpaired) electrons. The number of aliphatic hydroxyl groups excluding tert-OH is 1. The Kier molecular flexibility index (Phi) is 6.01.